The number of fused-ring (bicyclic) bond motifs is 2. The molecule has 3 fully saturated rings. The van der Waals surface area contributed by atoms with Crippen molar-refractivity contribution in [3.8, 4) is 0 Å². The molecule has 0 radical (unpaired) electrons. The van der Waals surface area contributed by atoms with Gasteiger partial charge in [0, 0.05) is 27.9 Å². The van der Waals surface area contributed by atoms with Crippen LogP contribution in [0.5, 0.6) is 0 Å². The summed E-state index contributed by atoms with van der Waals surface area (Å²) in [5.41, 5.74) is 3.91. The van der Waals surface area contributed by atoms with Crippen LogP contribution in [0.3, 0.4) is 0 Å². The Morgan fingerprint density at radius 3 is 3.00 bits per heavy atom. The molecule has 2 saturated carbocycles. The standard InChI is InChI=1S/C30H36N2O/c1-28-12-10-24-17-23-6-7-25(32(2)3)18-29(23)13-14-30(24,33-29)27(28)9-8-26(28)21-5-4-20-11-15-31-19-22(20)16-21/h4-5,10-11,15-17,19,25-27H,6-9,12-14,18H2,1-3H3/t25-,26?,27-,28-,29?,30-/m1/s1/i2D3. The molecule has 33 heavy (non-hydrogen) atoms. The number of pyridine rings is 1. The predicted molar refractivity (Wildman–Crippen MR) is 133 cm³/mol. The van der Waals surface area contributed by atoms with E-state index < -0.39 is 6.98 Å². The minimum Gasteiger partial charge on any atom is -0.359 e. The molecule has 3 heterocycles. The van der Waals surface area contributed by atoms with Gasteiger partial charge in [-0.15, -0.1) is 0 Å². The highest BCUT2D eigenvalue weighted by molar-refractivity contribution is 5.82. The molecule has 2 aliphatic heterocycles. The fraction of sp³-hybridized carbons (Fsp3) is 0.567. The van der Waals surface area contributed by atoms with Gasteiger partial charge in [-0.1, -0.05) is 31.2 Å². The molecule has 2 bridgehead atoms. The van der Waals surface area contributed by atoms with Crippen LogP contribution in [-0.2, 0) is 4.74 Å². The number of hydrogen-bond acceptors (Lipinski definition) is 3. The monoisotopic (exact) mass is 443 g/mol. The Balaban J connectivity index is 1.24. The van der Waals surface area contributed by atoms with Crippen LogP contribution in [-0.4, -0.2) is 41.2 Å². The van der Waals surface area contributed by atoms with Gasteiger partial charge in [0.1, 0.15) is 0 Å². The van der Waals surface area contributed by atoms with Gasteiger partial charge in [0.2, 0.25) is 0 Å². The van der Waals surface area contributed by atoms with Crippen LogP contribution in [0.1, 0.15) is 73.9 Å². The summed E-state index contributed by atoms with van der Waals surface area (Å²) in [4.78, 5) is 5.97. The smallest absolute Gasteiger partial charge is 0.0974 e. The van der Waals surface area contributed by atoms with Crippen molar-refractivity contribution in [1.82, 2.24) is 9.88 Å². The number of benzene rings is 1. The molecular weight excluding hydrogens is 404 g/mol. The molecule has 2 spiro atoms. The van der Waals surface area contributed by atoms with Crippen LogP contribution >= 0.6 is 0 Å². The van der Waals surface area contributed by atoms with E-state index in [4.69, 9.17) is 8.85 Å². The molecule has 7 rings (SSSR count). The maximum absolute atomic E-state index is 7.95. The van der Waals surface area contributed by atoms with Gasteiger partial charge in [-0.2, -0.15) is 0 Å². The fourth-order valence-electron chi connectivity index (χ4n) is 8.58. The summed E-state index contributed by atoms with van der Waals surface area (Å²) in [7, 11) is 1.76. The summed E-state index contributed by atoms with van der Waals surface area (Å²) in [5.74, 6) is 0.989. The Bertz CT molecular complexity index is 1300. The number of hydrogen-bond donors (Lipinski definition) is 0. The highest BCUT2D eigenvalue weighted by Crippen LogP contribution is 2.69. The first-order valence-corrected chi connectivity index (χ1v) is 12.8. The van der Waals surface area contributed by atoms with Crippen molar-refractivity contribution in [2.45, 2.75) is 81.5 Å². The zero-order valence-electron chi connectivity index (χ0n) is 22.8. The summed E-state index contributed by atoms with van der Waals surface area (Å²) >= 11 is 0. The number of allylic oxidation sites excluding steroid dienone is 1. The minimum atomic E-state index is -2.06. The van der Waals surface area contributed by atoms with Gasteiger partial charge in [0.05, 0.1) is 11.2 Å². The Morgan fingerprint density at radius 1 is 1.15 bits per heavy atom. The maximum atomic E-state index is 7.95. The maximum Gasteiger partial charge on any atom is 0.0974 e. The van der Waals surface area contributed by atoms with Crippen molar-refractivity contribution < 1.29 is 8.85 Å². The van der Waals surface area contributed by atoms with Crippen LogP contribution in [0.4, 0.5) is 0 Å². The summed E-state index contributed by atoms with van der Waals surface area (Å²) in [6.07, 6.45) is 17.0. The molecule has 1 aromatic heterocycles. The lowest BCUT2D eigenvalue weighted by molar-refractivity contribution is -0.139. The average molecular weight is 444 g/mol. The van der Waals surface area contributed by atoms with Crippen LogP contribution in [0, 0.1) is 11.3 Å². The van der Waals surface area contributed by atoms with Crippen molar-refractivity contribution in [1.29, 1.82) is 0 Å². The Labute approximate surface area is 202 Å². The zero-order valence-corrected chi connectivity index (χ0v) is 19.8. The van der Waals surface area contributed by atoms with Crippen LogP contribution < -0.4 is 0 Å². The Hall–Kier alpha value is -1.97. The van der Waals surface area contributed by atoms with E-state index in [-0.39, 0.29) is 22.7 Å². The van der Waals surface area contributed by atoms with Crippen LogP contribution in [0.25, 0.3) is 10.8 Å². The molecule has 3 heteroatoms. The van der Waals surface area contributed by atoms with Gasteiger partial charge in [-0.25, -0.2) is 0 Å². The molecule has 2 aromatic rings. The lowest BCUT2D eigenvalue weighted by Gasteiger charge is -2.54. The summed E-state index contributed by atoms with van der Waals surface area (Å²) < 4.78 is 31.2. The molecule has 172 valence electrons. The third kappa shape index (κ3) is 2.67. The minimum absolute atomic E-state index is 0.0350. The quantitative estimate of drug-likeness (QED) is 0.536. The number of ether oxygens (including phenoxy) is 1. The Kier molecular flexibility index (Phi) is 3.60. The Morgan fingerprint density at radius 2 is 2.09 bits per heavy atom. The highest BCUT2D eigenvalue weighted by Gasteiger charge is 2.66. The van der Waals surface area contributed by atoms with E-state index in [1.165, 1.54) is 40.3 Å². The van der Waals surface area contributed by atoms with Crippen molar-refractivity contribution in [2.24, 2.45) is 11.3 Å². The van der Waals surface area contributed by atoms with Crippen molar-refractivity contribution in [2.75, 3.05) is 14.0 Å². The molecule has 0 N–H and O–H groups in total. The molecule has 3 aliphatic carbocycles. The van der Waals surface area contributed by atoms with Crippen molar-refractivity contribution >= 4 is 10.8 Å². The van der Waals surface area contributed by atoms with E-state index in [9.17, 15) is 0 Å². The SMILES string of the molecule is [2H]C([2H])([2H])N(C)[C@@H]1CCC2=CC3=CC[C@]4(C)C(c5ccc6ccncc6c5)CC[C@H]4[C@@]34CCC2(C1)O4. The fourth-order valence-corrected chi connectivity index (χ4v) is 8.58. The molecule has 6 atom stereocenters. The van der Waals surface area contributed by atoms with E-state index in [1.54, 1.807) is 11.9 Å². The summed E-state index contributed by atoms with van der Waals surface area (Å²) in [6, 6.07) is 9.08. The third-order valence-electron chi connectivity index (χ3n) is 10.3. The summed E-state index contributed by atoms with van der Waals surface area (Å²) in [6.45, 7) is 0.445. The van der Waals surface area contributed by atoms with Crippen molar-refractivity contribution in [3.05, 3.63) is 65.5 Å². The lowest BCUT2D eigenvalue weighted by atomic mass is 9.58. The first kappa shape index (κ1) is 17.5. The van der Waals surface area contributed by atoms with Gasteiger partial charge in [0.15, 0.2) is 0 Å². The predicted octanol–water partition coefficient (Wildman–Crippen LogP) is 6.41. The second-order valence-electron chi connectivity index (χ2n) is 11.7. The summed E-state index contributed by atoms with van der Waals surface area (Å²) in [5, 5.41) is 2.47. The van der Waals surface area contributed by atoms with Gasteiger partial charge >= 0.3 is 0 Å². The molecule has 1 aromatic carbocycles. The first-order chi connectivity index (χ1) is 17.1. The van der Waals surface area contributed by atoms with Crippen LogP contribution in [0.2, 0.25) is 0 Å². The van der Waals surface area contributed by atoms with Gasteiger partial charge in [0.25, 0.3) is 0 Å². The normalized spacial score (nSPS) is 43.1. The third-order valence-corrected chi connectivity index (χ3v) is 10.3. The largest absolute Gasteiger partial charge is 0.359 e. The zero-order chi connectivity index (χ0) is 24.9. The number of rotatable bonds is 2. The second kappa shape index (κ2) is 6.79. The average Bonchev–Trinajstić information content (AvgIpc) is 3.37. The van der Waals surface area contributed by atoms with E-state index in [0.717, 1.165) is 38.5 Å². The topological polar surface area (TPSA) is 25.4 Å². The number of aromatic nitrogens is 1. The van der Waals surface area contributed by atoms with Crippen LogP contribution in [0.15, 0.2) is 60.0 Å². The first-order valence-electron chi connectivity index (χ1n) is 14.3. The molecule has 5 aliphatic rings. The van der Waals surface area contributed by atoms with E-state index in [0.29, 0.717) is 11.8 Å². The molecule has 2 unspecified atom stereocenters. The lowest BCUT2D eigenvalue weighted by Crippen LogP contribution is -2.55. The van der Waals surface area contributed by atoms with Gasteiger partial charge < -0.3 is 9.64 Å². The molecule has 1 saturated heterocycles. The van der Waals surface area contributed by atoms with Gasteiger partial charge in [-0.05, 0) is 117 Å². The van der Waals surface area contributed by atoms with Crippen molar-refractivity contribution in [3.63, 3.8) is 0 Å². The van der Waals surface area contributed by atoms with E-state index in [1.807, 2.05) is 12.4 Å². The van der Waals surface area contributed by atoms with E-state index >= 15 is 0 Å². The number of nitrogens with zero attached hydrogens (tertiary/aromatic N) is 2. The molecule has 0 amide bonds. The molecular formula is C30H36N2O. The second-order valence-corrected chi connectivity index (χ2v) is 11.7. The van der Waals surface area contributed by atoms with E-state index in [2.05, 4.69) is 48.3 Å². The molecule has 3 nitrogen and oxygen atoms in total. The highest BCUT2D eigenvalue weighted by atomic mass is 16.5. The van der Waals surface area contributed by atoms with Gasteiger partial charge in [-0.3, -0.25) is 4.98 Å².